The van der Waals surface area contributed by atoms with Gasteiger partial charge in [-0.2, -0.15) is 0 Å². The Labute approximate surface area is 85.5 Å². The first-order valence-corrected chi connectivity index (χ1v) is 4.90. The lowest BCUT2D eigenvalue weighted by Gasteiger charge is -2.15. The van der Waals surface area contributed by atoms with E-state index >= 15 is 0 Å². The predicted octanol–water partition coefficient (Wildman–Crippen LogP) is 2.01. The van der Waals surface area contributed by atoms with Crippen LogP contribution in [0, 0.1) is 0 Å². The van der Waals surface area contributed by atoms with Crippen LogP contribution in [0.2, 0.25) is 0 Å². The molecule has 2 nitrogen and oxygen atoms in total. The van der Waals surface area contributed by atoms with E-state index < -0.39 is 0 Å². The van der Waals surface area contributed by atoms with Crippen LogP contribution >= 0.6 is 0 Å². The minimum Gasteiger partial charge on any atom is -0.302 e. The van der Waals surface area contributed by atoms with Gasteiger partial charge in [0.1, 0.15) is 0 Å². The Morgan fingerprint density at radius 2 is 2.00 bits per heavy atom. The fourth-order valence-electron chi connectivity index (χ4n) is 1.40. The van der Waals surface area contributed by atoms with Crippen molar-refractivity contribution in [1.29, 1.82) is 0 Å². The Kier molecular flexibility index (Phi) is 4.94. The lowest BCUT2D eigenvalue weighted by atomic mass is 10.2. The average molecular weight is 190 g/mol. The van der Waals surface area contributed by atoms with Gasteiger partial charge in [0.2, 0.25) is 0 Å². The van der Waals surface area contributed by atoms with Crippen molar-refractivity contribution in [3.63, 3.8) is 0 Å². The second-order valence-corrected chi connectivity index (χ2v) is 3.47. The Hall–Kier alpha value is -1.15. The summed E-state index contributed by atoms with van der Waals surface area (Å²) >= 11 is 0. The van der Waals surface area contributed by atoms with E-state index in [0.717, 1.165) is 19.5 Å². The Morgan fingerprint density at radius 3 is 2.64 bits per heavy atom. The summed E-state index contributed by atoms with van der Waals surface area (Å²) in [5.74, 6) is 0. The van der Waals surface area contributed by atoms with Crippen LogP contribution in [0.4, 0.5) is 0 Å². The Bertz CT molecular complexity index is 258. The lowest BCUT2D eigenvalue weighted by Crippen LogP contribution is -2.19. The lowest BCUT2D eigenvalue weighted by molar-refractivity contribution is 0.323. The fraction of sp³-hybridized carbons (Fsp3) is 0.417. The third-order valence-electron chi connectivity index (χ3n) is 2.11. The van der Waals surface area contributed by atoms with Crippen LogP contribution in [0.15, 0.2) is 30.3 Å². The van der Waals surface area contributed by atoms with E-state index in [1.165, 1.54) is 5.56 Å². The molecule has 0 bridgehead atoms. The summed E-state index contributed by atoms with van der Waals surface area (Å²) in [5.41, 5.74) is 1.31. The third kappa shape index (κ3) is 4.19. The van der Waals surface area contributed by atoms with Crippen LogP contribution in [-0.2, 0) is 11.3 Å². The van der Waals surface area contributed by atoms with Gasteiger partial charge in [-0.25, -0.2) is 0 Å². The van der Waals surface area contributed by atoms with Gasteiger partial charge in [-0.1, -0.05) is 30.3 Å². The number of nitrogens with zero attached hydrogens (tertiary/aromatic N) is 1. The molecule has 1 radical (unpaired) electrons. The summed E-state index contributed by atoms with van der Waals surface area (Å²) in [4.78, 5) is 12.2. The highest BCUT2D eigenvalue weighted by Gasteiger charge is 1.98. The average Bonchev–Trinajstić information content (AvgIpc) is 2.20. The van der Waals surface area contributed by atoms with Crippen molar-refractivity contribution in [3.8, 4) is 0 Å². The molecule has 0 N–H and O–H groups in total. The van der Waals surface area contributed by atoms with Gasteiger partial charge in [0.05, 0.1) is 0 Å². The van der Waals surface area contributed by atoms with E-state index in [1.54, 1.807) is 0 Å². The molecular weight excluding hydrogens is 174 g/mol. The van der Waals surface area contributed by atoms with Crippen molar-refractivity contribution < 1.29 is 4.79 Å². The molecule has 0 aliphatic rings. The number of unbranched alkanes of at least 4 members (excludes halogenated alkanes) is 1. The monoisotopic (exact) mass is 190 g/mol. The van der Waals surface area contributed by atoms with Crippen molar-refractivity contribution in [2.24, 2.45) is 0 Å². The molecule has 0 saturated heterocycles. The van der Waals surface area contributed by atoms with Gasteiger partial charge in [0.15, 0.2) is 6.29 Å². The topological polar surface area (TPSA) is 20.3 Å². The molecule has 14 heavy (non-hydrogen) atoms. The molecule has 0 atom stereocenters. The quantitative estimate of drug-likeness (QED) is 0.639. The van der Waals surface area contributed by atoms with Crippen LogP contribution < -0.4 is 0 Å². The number of hydrogen-bond acceptors (Lipinski definition) is 2. The molecule has 0 amide bonds. The maximum Gasteiger partial charge on any atom is 0.198 e. The summed E-state index contributed by atoms with van der Waals surface area (Å²) in [6.07, 6.45) is 3.35. The fourth-order valence-corrected chi connectivity index (χ4v) is 1.40. The van der Waals surface area contributed by atoms with E-state index in [9.17, 15) is 4.79 Å². The molecule has 0 heterocycles. The molecule has 1 aromatic rings. The molecule has 0 unspecified atom stereocenters. The highest BCUT2D eigenvalue weighted by atomic mass is 16.1. The first kappa shape index (κ1) is 10.9. The zero-order chi connectivity index (χ0) is 10.2. The van der Waals surface area contributed by atoms with Gasteiger partial charge in [0, 0.05) is 13.0 Å². The summed E-state index contributed by atoms with van der Waals surface area (Å²) in [6, 6.07) is 10.3. The molecule has 2 heteroatoms. The zero-order valence-electron chi connectivity index (χ0n) is 8.57. The Balaban J connectivity index is 2.26. The largest absolute Gasteiger partial charge is 0.302 e. The van der Waals surface area contributed by atoms with Gasteiger partial charge < -0.3 is 4.90 Å². The minimum atomic E-state index is 0.541. The van der Waals surface area contributed by atoms with Crippen molar-refractivity contribution in [1.82, 2.24) is 4.90 Å². The first-order valence-electron chi connectivity index (χ1n) is 4.90. The molecule has 0 aliphatic carbocycles. The molecule has 1 aromatic carbocycles. The zero-order valence-corrected chi connectivity index (χ0v) is 8.57. The summed E-state index contributed by atoms with van der Waals surface area (Å²) in [5, 5.41) is 0. The molecule has 0 fully saturated rings. The maximum atomic E-state index is 10.0. The van der Waals surface area contributed by atoms with E-state index in [1.807, 2.05) is 24.5 Å². The van der Waals surface area contributed by atoms with Crippen molar-refractivity contribution in [2.75, 3.05) is 13.6 Å². The molecule has 0 spiro atoms. The van der Waals surface area contributed by atoms with Crippen LogP contribution in [0.25, 0.3) is 0 Å². The first-order chi connectivity index (χ1) is 6.83. The van der Waals surface area contributed by atoms with Crippen LogP contribution in [-0.4, -0.2) is 24.8 Å². The van der Waals surface area contributed by atoms with E-state index in [2.05, 4.69) is 24.1 Å². The van der Waals surface area contributed by atoms with E-state index in [4.69, 9.17) is 0 Å². The second-order valence-electron chi connectivity index (χ2n) is 3.47. The van der Waals surface area contributed by atoms with Crippen LogP contribution in [0.5, 0.6) is 0 Å². The molecule has 75 valence electrons. The van der Waals surface area contributed by atoms with Gasteiger partial charge >= 0.3 is 0 Å². The van der Waals surface area contributed by atoms with Crippen molar-refractivity contribution in [2.45, 2.75) is 19.4 Å². The summed E-state index contributed by atoms with van der Waals surface area (Å²) in [6.45, 7) is 1.89. The third-order valence-corrected chi connectivity index (χ3v) is 2.11. The maximum absolute atomic E-state index is 10.0. The highest BCUT2D eigenvalue weighted by Crippen LogP contribution is 2.03. The number of carbonyl (C=O) groups excluding carboxylic acids is 1. The molecule has 0 aliphatic heterocycles. The number of rotatable bonds is 6. The van der Waals surface area contributed by atoms with Gasteiger partial charge in [-0.3, -0.25) is 4.79 Å². The highest BCUT2D eigenvalue weighted by molar-refractivity contribution is 5.50. The number of benzene rings is 1. The van der Waals surface area contributed by atoms with Crippen molar-refractivity contribution >= 4 is 6.29 Å². The SMILES string of the molecule is CN(CCC[C]=O)Cc1ccccc1. The summed E-state index contributed by atoms with van der Waals surface area (Å²) in [7, 11) is 2.07. The van der Waals surface area contributed by atoms with Gasteiger partial charge in [-0.05, 0) is 25.6 Å². The second kappa shape index (κ2) is 6.33. The smallest absolute Gasteiger partial charge is 0.198 e. The van der Waals surface area contributed by atoms with E-state index in [-0.39, 0.29) is 0 Å². The van der Waals surface area contributed by atoms with Crippen LogP contribution in [0.1, 0.15) is 18.4 Å². The predicted molar refractivity (Wildman–Crippen MR) is 57.7 cm³/mol. The van der Waals surface area contributed by atoms with E-state index in [0.29, 0.717) is 6.42 Å². The molecule has 0 saturated carbocycles. The molecular formula is C12H16NO. The standard InChI is InChI=1S/C12H16NO/c1-13(9-5-6-10-14)11-12-7-3-2-4-8-12/h2-4,7-8H,5-6,9,11H2,1H3. The van der Waals surface area contributed by atoms with Gasteiger partial charge in [-0.15, -0.1) is 0 Å². The Morgan fingerprint density at radius 1 is 1.29 bits per heavy atom. The normalized spacial score (nSPS) is 10.4. The van der Waals surface area contributed by atoms with Crippen LogP contribution in [0.3, 0.4) is 0 Å². The van der Waals surface area contributed by atoms with Gasteiger partial charge in [0.25, 0.3) is 0 Å². The molecule has 0 aromatic heterocycles. The number of hydrogen-bond donors (Lipinski definition) is 0. The molecule has 1 rings (SSSR count). The minimum absolute atomic E-state index is 0.541. The summed E-state index contributed by atoms with van der Waals surface area (Å²) < 4.78 is 0. The van der Waals surface area contributed by atoms with Crippen molar-refractivity contribution in [3.05, 3.63) is 35.9 Å².